The Morgan fingerprint density at radius 1 is 1.24 bits per heavy atom. The van der Waals surface area contributed by atoms with Crippen molar-refractivity contribution in [3.8, 4) is 11.4 Å². The highest BCUT2D eigenvalue weighted by molar-refractivity contribution is 5.95. The summed E-state index contributed by atoms with van der Waals surface area (Å²) in [7, 11) is 0. The zero-order chi connectivity index (χ0) is 20.4. The lowest BCUT2D eigenvalue weighted by atomic mass is 10.1. The highest BCUT2D eigenvalue weighted by atomic mass is 19.1. The first kappa shape index (κ1) is 18.7. The third-order valence-corrected chi connectivity index (χ3v) is 4.82. The predicted molar refractivity (Wildman–Crippen MR) is 102 cm³/mol. The number of carbonyl (C=O) groups excluding carboxylic acids is 2. The zero-order valence-corrected chi connectivity index (χ0v) is 15.7. The fourth-order valence-electron chi connectivity index (χ4n) is 3.55. The van der Waals surface area contributed by atoms with Crippen molar-refractivity contribution in [1.29, 1.82) is 0 Å². The van der Waals surface area contributed by atoms with Gasteiger partial charge in [0.2, 0.25) is 5.91 Å². The number of aromatic nitrogens is 4. The Morgan fingerprint density at radius 2 is 2.03 bits per heavy atom. The van der Waals surface area contributed by atoms with Crippen LogP contribution in [-0.4, -0.2) is 49.5 Å². The molecule has 2 atom stereocenters. The Balaban J connectivity index is 1.65. The van der Waals surface area contributed by atoms with E-state index in [0.29, 0.717) is 18.1 Å². The molecule has 8 nitrogen and oxygen atoms in total. The number of rotatable bonds is 4. The number of nitrogens with zero attached hydrogens (tertiary/aromatic N) is 4. The molecular weight excluding hydrogens is 375 g/mol. The fourth-order valence-corrected chi connectivity index (χ4v) is 3.55. The molecule has 1 aliphatic heterocycles. The largest absolute Gasteiger partial charge is 0.352 e. The Morgan fingerprint density at radius 3 is 2.76 bits per heavy atom. The molecule has 0 saturated carbocycles. The van der Waals surface area contributed by atoms with E-state index in [1.165, 1.54) is 24.1 Å². The van der Waals surface area contributed by atoms with Crippen molar-refractivity contribution < 1.29 is 14.0 Å². The molecule has 2 amide bonds. The lowest BCUT2D eigenvalue weighted by Crippen LogP contribution is -2.38. The number of H-pyrrole nitrogens is 1. The SMILES string of the molecule is CC(=O)N[C@H]1C[C@@H](c2nc(-c3ccccc3)n[nH]2)N(C(=O)c2ccncc2F)C1. The maximum atomic E-state index is 14.1. The van der Waals surface area contributed by atoms with Crippen LogP contribution in [0.1, 0.15) is 35.6 Å². The summed E-state index contributed by atoms with van der Waals surface area (Å²) in [5.41, 5.74) is 0.765. The Bertz CT molecular complexity index is 1040. The van der Waals surface area contributed by atoms with Crippen molar-refractivity contribution in [1.82, 2.24) is 30.4 Å². The van der Waals surface area contributed by atoms with Crippen LogP contribution in [0.3, 0.4) is 0 Å². The third kappa shape index (κ3) is 3.84. The van der Waals surface area contributed by atoms with Crippen molar-refractivity contribution in [2.45, 2.75) is 25.4 Å². The fraction of sp³-hybridized carbons (Fsp3) is 0.250. The van der Waals surface area contributed by atoms with E-state index >= 15 is 0 Å². The average molecular weight is 394 g/mol. The van der Waals surface area contributed by atoms with Gasteiger partial charge in [-0.2, -0.15) is 5.10 Å². The maximum Gasteiger partial charge on any atom is 0.257 e. The summed E-state index contributed by atoms with van der Waals surface area (Å²) in [5, 5.41) is 9.98. The quantitative estimate of drug-likeness (QED) is 0.705. The number of pyridine rings is 1. The topological polar surface area (TPSA) is 104 Å². The lowest BCUT2D eigenvalue weighted by molar-refractivity contribution is -0.119. The number of nitrogens with one attached hydrogen (secondary N) is 2. The minimum absolute atomic E-state index is 0.0729. The van der Waals surface area contributed by atoms with Crippen LogP contribution in [0.15, 0.2) is 48.8 Å². The van der Waals surface area contributed by atoms with Crippen molar-refractivity contribution >= 4 is 11.8 Å². The summed E-state index contributed by atoms with van der Waals surface area (Å²) in [5.74, 6) is -0.381. The van der Waals surface area contributed by atoms with Crippen LogP contribution in [0.4, 0.5) is 4.39 Å². The van der Waals surface area contributed by atoms with Crippen LogP contribution in [0.25, 0.3) is 11.4 Å². The smallest absolute Gasteiger partial charge is 0.257 e. The molecular formula is C20H19FN6O2. The molecule has 1 aliphatic rings. The van der Waals surface area contributed by atoms with Gasteiger partial charge in [0.25, 0.3) is 5.91 Å². The molecule has 4 rings (SSSR count). The van der Waals surface area contributed by atoms with Crippen LogP contribution in [0, 0.1) is 5.82 Å². The van der Waals surface area contributed by atoms with E-state index in [2.05, 4.69) is 25.5 Å². The zero-order valence-electron chi connectivity index (χ0n) is 15.7. The third-order valence-electron chi connectivity index (χ3n) is 4.82. The van der Waals surface area contributed by atoms with E-state index in [9.17, 15) is 14.0 Å². The molecule has 2 N–H and O–H groups in total. The molecule has 3 aromatic rings. The number of hydrogen-bond acceptors (Lipinski definition) is 5. The molecule has 29 heavy (non-hydrogen) atoms. The standard InChI is InChI=1S/C20H19FN6O2/c1-12(28)23-14-9-17(19-24-18(25-26-19)13-5-3-2-4-6-13)27(11-14)20(29)15-7-8-22-10-16(15)21/h2-8,10,14,17H,9,11H2,1H3,(H,23,28)(H,24,25,26)/t14-,17-/m0/s1. The van der Waals surface area contributed by atoms with E-state index in [1.54, 1.807) is 0 Å². The van der Waals surface area contributed by atoms with Gasteiger partial charge in [-0.1, -0.05) is 30.3 Å². The minimum Gasteiger partial charge on any atom is -0.352 e. The normalized spacial score (nSPS) is 18.6. The van der Waals surface area contributed by atoms with E-state index in [4.69, 9.17) is 0 Å². The molecule has 148 valence electrons. The molecule has 0 unspecified atom stereocenters. The first-order valence-corrected chi connectivity index (χ1v) is 9.18. The van der Waals surface area contributed by atoms with Gasteiger partial charge in [-0.25, -0.2) is 9.37 Å². The molecule has 9 heteroatoms. The Labute approximate surface area is 166 Å². The molecule has 2 aromatic heterocycles. The molecule has 1 fully saturated rings. The van der Waals surface area contributed by atoms with Crippen LogP contribution in [0.2, 0.25) is 0 Å². The number of halogens is 1. The number of carbonyl (C=O) groups is 2. The second kappa shape index (κ2) is 7.78. The van der Waals surface area contributed by atoms with Gasteiger partial charge in [-0.3, -0.25) is 19.7 Å². The van der Waals surface area contributed by atoms with E-state index < -0.39 is 17.8 Å². The second-order valence-corrected chi connectivity index (χ2v) is 6.87. The molecule has 0 bridgehead atoms. The van der Waals surface area contributed by atoms with Gasteiger partial charge in [0.05, 0.1) is 17.8 Å². The van der Waals surface area contributed by atoms with Gasteiger partial charge in [-0.15, -0.1) is 0 Å². The molecule has 0 spiro atoms. The molecule has 1 saturated heterocycles. The first-order chi connectivity index (χ1) is 14.0. The summed E-state index contributed by atoms with van der Waals surface area (Å²) >= 11 is 0. The van der Waals surface area contributed by atoms with Crippen molar-refractivity contribution in [2.75, 3.05) is 6.54 Å². The number of amides is 2. The number of aromatic amines is 1. The van der Waals surface area contributed by atoms with Crippen molar-refractivity contribution in [3.63, 3.8) is 0 Å². The minimum atomic E-state index is -0.693. The van der Waals surface area contributed by atoms with Crippen LogP contribution in [-0.2, 0) is 4.79 Å². The predicted octanol–water partition coefficient (Wildman–Crippen LogP) is 2.10. The lowest BCUT2D eigenvalue weighted by Gasteiger charge is -2.23. The highest BCUT2D eigenvalue weighted by Crippen LogP contribution is 2.32. The number of likely N-dealkylation sites (tertiary alicyclic amines) is 1. The van der Waals surface area contributed by atoms with Gasteiger partial charge in [0, 0.05) is 31.3 Å². The van der Waals surface area contributed by atoms with Crippen molar-refractivity contribution in [2.24, 2.45) is 0 Å². The highest BCUT2D eigenvalue weighted by Gasteiger charge is 2.39. The Hall–Kier alpha value is -3.62. The summed E-state index contributed by atoms with van der Waals surface area (Å²) in [4.78, 5) is 34.3. The summed E-state index contributed by atoms with van der Waals surface area (Å²) in [6.45, 7) is 1.66. The Kier molecular flexibility index (Phi) is 5.03. The van der Waals surface area contributed by atoms with Gasteiger partial charge in [0.15, 0.2) is 11.6 Å². The van der Waals surface area contributed by atoms with Gasteiger partial charge >= 0.3 is 0 Å². The monoisotopic (exact) mass is 394 g/mol. The molecule has 3 heterocycles. The van der Waals surface area contributed by atoms with Gasteiger partial charge in [-0.05, 0) is 12.5 Å². The molecule has 1 aromatic carbocycles. The molecule has 0 aliphatic carbocycles. The second-order valence-electron chi connectivity index (χ2n) is 6.87. The number of hydrogen-bond donors (Lipinski definition) is 2. The molecule has 0 radical (unpaired) electrons. The average Bonchev–Trinajstić information content (AvgIpc) is 3.35. The van der Waals surface area contributed by atoms with Crippen LogP contribution >= 0.6 is 0 Å². The van der Waals surface area contributed by atoms with E-state index in [0.717, 1.165) is 11.8 Å². The van der Waals surface area contributed by atoms with Crippen LogP contribution < -0.4 is 5.32 Å². The van der Waals surface area contributed by atoms with Gasteiger partial charge < -0.3 is 10.2 Å². The van der Waals surface area contributed by atoms with Crippen LogP contribution in [0.5, 0.6) is 0 Å². The first-order valence-electron chi connectivity index (χ1n) is 9.18. The maximum absolute atomic E-state index is 14.1. The van der Waals surface area contributed by atoms with Crippen molar-refractivity contribution in [3.05, 3.63) is 66.0 Å². The summed E-state index contributed by atoms with van der Waals surface area (Å²) in [6, 6.07) is 10.0. The summed E-state index contributed by atoms with van der Waals surface area (Å²) < 4.78 is 14.1. The van der Waals surface area contributed by atoms with E-state index in [1.807, 2.05) is 30.3 Å². The summed E-state index contributed by atoms with van der Waals surface area (Å²) in [6.07, 6.45) is 2.82. The van der Waals surface area contributed by atoms with Gasteiger partial charge in [0.1, 0.15) is 5.82 Å². The van der Waals surface area contributed by atoms with E-state index in [-0.39, 0.29) is 24.1 Å². The number of benzene rings is 1.